The maximum atomic E-state index is 5.73. The molecular weight excluding hydrogens is 180 g/mol. The van der Waals surface area contributed by atoms with Crippen molar-refractivity contribution in [2.45, 2.75) is 29.4 Å². The van der Waals surface area contributed by atoms with Gasteiger partial charge in [0.2, 0.25) is 0 Å². The summed E-state index contributed by atoms with van der Waals surface area (Å²) in [6.45, 7) is 2.97. The Morgan fingerprint density at radius 1 is 1.69 bits per heavy atom. The van der Waals surface area contributed by atoms with Gasteiger partial charge >= 0.3 is 0 Å². The fraction of sp³-hybridized carbons (Fsp3) is 0.500. The summed E-state index contributed by atoms with van der Waals surface area (Å²) in [5, 5.41) is 0.672. The van der Waals surface area contributed by atoms with Gasteiger partial charge < -0.3 is 5.73 Å². The van der Waals surface area contributed by atoms with E-state index in [2.05, 4.69) is 18.0 Å². The van der Waals surface area contributed by atoms with Crippen LogP contribution in [-0.4, -0.2) is 16.8 Å². The highest BCUT2D eigenvalue weighted by atomic mass is 32.2. The van der Waals surface area contributed by atoms with E-state index >= 15 is 0 Å². The van der Waals surface area contributed by atoms with Gasteiger partial charge in [-0.15, -0.1) is 11.8 Å². The van der Waals surface area contributed by atoms with Crippen molar-refractivity contribution in [1.82, 2.24) is 4.98 Å². The number of hydrogen-bond acceptors (Lipinski definition) is 3. The Bertz CT molecular complexity index is 301. The maximum absolute atomic E-state index is 5.73. The van der Waals surface area contributed by atoms with Crippen LogP contribution in [0.3, 0.4) is 0 Å². The molecule has 1 aliphatic heterocycles. The highest BCUT2D eigenvalue weighted by molar-refractivity contribution is 8.00. The third-order valence-electron chi connectivity index (χ3n) is 2.42. The zero-order valence-electron chi connectivity index (χ0n) is 7.73. The number of pyridine rings is 1. The zero-order chi connectivity index (χ0) is 9.26. The monoisotopic (exact) mass is 194 g/mol. The molecule has 0 spiro atoms. The summed E-state index contributed by atoms with van der Waals surface area (Å²) in [5.41, 5.74) is 6.93. The number of fused-ring (bicyclic) bond motifs is 1. The van der Waals surface area contributed by atoms with E-state index in [-0.39, 0.29) is 0 Å². The van der Waals surface area contributed by atoms with Gasteiger partial charge in [-0.2, -0.15) is 0 Å². The molecule has 0 amide bonds. The third kappa shape index (κ3) is 1.71. The van der Waals surface area contributed by atoms with Crippen LogP contribution < -0.4 is 5.73 Å². The smallest absolute Gasteiger partial charge is 0.0583 e. The van der Waals surface area contributed by atoms with E-state index in [0.29, 0.717) is 11.2 Å². The summed E-state index contributed by atoms with van der Waals surface area (Å²) in [6.07, 6.45) is 3.02. The molecule has 0 unspecified atom stereocenters. The molecule has 2 rings (SSSR count). The minimum absolute atomic E-state index is 0.465. The zero-order valence-corrected chi connectivity index (χ0v) is 8.55. The van der Waals surface area contributed by atoms with Crippen LogP contribution in [0.5, 0.6) is 0 Å². The molecular formula is C10H14N2S. The Kier molecular flexibility index (Phi) is 2.56. The molecule has 1 aliphatic rings. The first kappa shape index (κ1) is 9.03. The van der Waals surface area contributed by atoms with E-state index in [0.717, 1.165) is 13.0 Å². The fourth-order valence-electron chi connectivity index (χ4n) is 1.79. The molecule has 2 heterocycles. The lowest BCUT2D eigenvalue weighted by Gasteiger charge is -2.26. The van der Waals surface area contributed by atoms with Crippen molar-refractivity contribution in [3.63, 3.8) is 0 Å². The second kappa shape index (κ2) is 3.68. The summed E-state index contributed by atoms with van der Waals surface area (Å²) in [5.74, 6) is 0.465. The van der Waals surface area contributed by atoms with Crippen LogP contribution in [0.4, 0.5) is 0 Å². The highest BCUT2D eigenvalue weighted by Crippen LogP contribution is 2.39. The van der Waals surface area contributed by atoms with Gasteiger partial charge in [0.1, 0.15) is 0 Å². The molecule has 3 heteroatoms. The van der Waals surface area contributed by atoms with Crippen molar-refractivity contribution in [3.05, 3.63) is 24.0 Å². The summed E-state index contributed by atoms with van der Waals surface area (Å²) >= 11 is 1.91. The van der Waals surface area contributed by atoms with E-state index in [1.54, 1.807) is 0 Å². The van der Waals surface area contributed by atoms with Crippen molar-refractivity contribution >= 4 is 11.8 Å². The molecule has 0 fully saturated rings. The number of nitrogens with two attached hydrogens (primary N) is 1. The Labute approximate surface area is 82.9 Å². The Morgan fingerprint density at radius 2 is 2.54 bits per heavy atom. The van der Waals surface area contributed by atoms with Crippen LogP contribution in [0, 0.1) is 0 Å². The fourth-order valence-corrected chi connectivity index (χ4v) is 3.05. The quantitative estimate of drug-likeness (QED) is 0.743. The first-order chi connectivity index (χ1) is 6.31. The van der Waals surface area contributed by atoms with Gasteiger partial charge in [0.15, 0.2) is 0 Å². The van der Waals surface area contributed by atoms with Crippen LogP contribution in [0.1, 0.15) is 25.0 Å². The van der Waals surface area contributed by atoms with Crippen LogP contribution in [-0.2, 0) is 0 Å². The van der Waals surface area contributed by atoms with Crippen LogP contribution >= 0.6 is 11.8 Å². The molecule has 0 aromatic carbocycles. The average Bonchev–Trinajstić information content (AvgIpc) is 2.16. The molecule has 0 bridgehead atoms. The molecule has 2 atom stereocenters. The summed E-state index contributed by atoms with van der Waals surface area (Å²) in [6, 6.07) is 4.14. The minimum atomic E-state index is 0.465. The Morgan fingerprint density at radius 3 is 3.31 bits per heavy atom. The van der Waals surface area contributed by atoms with E-state index < -0.39 is 0 Å². The van der Waals surface area contributed by atoms with Gasteiger partial charge in [-0.25, -0.2) is 0 Å². The van der Waals surface area contributed by atoms with Gasteiger partial charge in [-0.1, -0.05) is 6.92 Å². The molecule has 0 radical (unpaired) electrons. The van der Waals surface area contributed by atoms with Gasteiger partial charge in [0.25, 0.3) is 0 Å². The highest BCUT2D eigenvalue weighted by Gasteiger charge is 2.24. The molecule has 0 saturated carbocycles. The lowest BCUT2D eigenvalue weighted by atomic mass is 9.98. The molecule has 0 saturated heterocycles. The number of aromatic nitrogens is 1. The maximum Gasteiger partial charge on any atom is 0.0583 e. The van der Waals surface area contributed by atoms with E-state index in [4.69, 9.17) is 5.73 Å². The predicted octanol–water partition coefficient (Wildman–Crippen LogP) is 2.01. The Hall–Kier alpha value is -0.540. The minimum Gasteiger partial charge on any atom is -0.330 e. The predicted molar refractivity (Wildman–Crippen MR) is 56.0 cm³/mol. The first-order valence-corrected chi connectivity index (χ1v) is 5.51. The van der Waals surface area contributed by atoms with Crippen molar-refractivity contribution < 1.29 is 0 Å². The van der Waals surface area contributed by atoms with Crippen molar-refractivity contribution in [2.75, 3.05) is 6.54 Å². The largest absolute Gasteiger partial charge is 0.330 e. The van der Waals surface area contributed by atoms with Crippen LogP contribution in [0.2, 0.25) is 0 Å². The van der Waals surface area contributed by atoms with Crippen LogP contribution in [0.15, 0.2) is 23.2 Å². The lowest BCUT2D eigenvalue weighted by Crippen LogP contribution is -2.21. The van der Waals surface area contributed by atoms with E-state index in [1.165, 1.54) is 10.6 Å². The molecule has 2 N–H and O–H groups in total. The SMILES string of the molecule is C[C@@H]1C[C@@H](CN)c2ncccc2S1. The van der Waals surface area contributed by atoms with Gasteiger partial charge in [0, 0.05) is 28.8 Å². The normalized spacial score (nSPS) is 26.9. The van der Waals surface area contributed by atoms with Crippen molar-refractivity contribution in [3.8, 4) is 0 Å². The molecule has 13 heavy (non-hydrogen) atoms. The summed E-state index contributed by atoms with van der Waals surface area (Å²) in [7, 11) is 0. The summed E-state index contributed by atoms with van der Waals surface area (Å²) in [4.78, 5) is 5.72. The first-order valence-electron chi connectivity index (χ1n) is 4.63. The van der Waals surface area contributed by atoms with Gasteiger partial charge in [-0.05, 0) is 18.6 Å². The van der Waals surface area contributed by atoms with Gasteiger partial charge in [-0.3, -0.25) is 4.98 Å². The number of thioether (sulfide) groups is 1. The average molecular weight is 194 g/mol. The lowest BCUT2D eigenvalue weighted by molar-refractivity contribution is 0.591. The number of rotatable bonds is 1. The molecule has 1 aromatic heterocycles. The number of hydrogen-bond donors (Lipinski definition) is 1. The van der Waals surface area contributed by atoms with Crippen molar-refractivity contribution in [2.24, 2.45) is 5.73 Å². The number of nitrogens with zero attached hydrogens (tertiary/aromatic N) is 1. The van der Waals surface area contributed by atoms with Crippen molar-refractivity contribution in [1.29, 1.82) is 0 Å². The van der Waals surface area contributed by atoms with E-state index in [9.17, 15) is 0 Å². The Balaban J connectivity index is 2.37. The van der Waals surface area contributed by atoms with E-state index in [1.807, 2.05) is 24.0 Å². The standard InChI is InChI=1S/C10H14N2S/c1-7-5-8(6-11)10-9(13-7)3-2-4-12-10/h2-4,7-8H,5-6,11H2,1H3/t7-,8+/m1/s1. The van der Waals surface area contributed by atoms with Crippen LogP contribution in [0.25, 0.3) is 0 Å². The topological polar surface area (TPSA) is 38.9 Å². The molecule has 2 nitrogen and oxygen atoms in total. The molecule has 70 valence electrons. The van der Waals surface area contributed by atoms with Gasteiger partial charge in [0.05, 0.1) is 5.69 Å². The summed E-state index contributed by atoms with van der Waals surface area (Å²) < 4.78 is 0. The second-order valence-electron chi connectivity index (χ2n) is 3.48. The molecule has 0 aliphatic carbocycles. The second-order valence-corrected chi connectivity index (χ2v) is 4.96. The molecule has 1 aromatic rings. The third-order valence-corrected chi connectivity index (χ3v) is 3.61.